The Morgan fingerprint density at radius 2 is 0.544 bits per heavy atom. The third-order valence-corrected chi connectivity index (χ3v) is 9.68. The number of rotatable bonds is 0. The van der Waals surface area contributed by atoms with Crippen LogP contribution in [-0.2, 0) is 72.3 Å². The largest absolute Gasteiger partial charge is 3.00 e. The molecule has 1 radical (unpaired) electrons. The first-order chi connectivity index (χ1) is 31.1. The van der Waals surface area contributed by atoms with Crippen LogP contribution in [0.4, 0.5) is 0 Å². The predicted octanol–water partition coefficient (Wildman–Crippen LogP) is -8.06. The zero-order valence-electron chi connectivity index (χ0n) is 38.9. The van der Waals surface area contributed by atoms with E-state index in [9.17, 15) is 15.3 Å². The summed E-state index contributed by atoms with van der Waals surface area (Å²) in [6, 6.07) is 15.5. The molecule has 0 unspecified atom stereocenters. The fourth-order valence-corrected chi connectivity index (χ4v) is 7.01. The second-order valence-corrected chi connectivity index (χ2v) is 16.7. The van der Waals surface area contributed by atoms with Crippen molar-refractivity contribution in [2.75, 3.05) is 78.5 Å². The maximum atomic E-state index is 13.4. The molecule has 0 amide bonds. The number of aryl methyl sites for hydroxylation is 3. The standard InChI is InChI=1S/C39H60N8O3.2C2H3N.2ClHO4.2Ni/c1-28-16-31-22-40-4-10-46-12-6-42-24-33-18-29(2)19-34(38(33)49)25-43-7-13-47(11-5-41-23-32(17-28)37(31)48)15-9-45-27-36-21-30(3)20-35(39(36)50)26-44-8-14-46;2*1-2-3;2*2-1(3,4)5;;/h16-21,40-45,48-50H,4-15,22-27H2,1-3H3;2*1H3;2*(H,2,3,4,5);;/q;;;;;+2;+3/p-5. The molecule has 3 aliphatic heterocycles. The van der Waals surface area contributed by atoms with Crippen LogP contribution in [0.3, 0.4) is 0 Å². The first-order valence-electron chi connectivity index (χ1n) is 21.0. The molecular weight excluding hydrogens is 1020 g/mol. The van der Waals surface area contributed by atoms with Crippen LogP contribution >= 0.6 is 0 Å². The van der Waals surface area contributed by atoms with Crippen molar-refractivity contribution in [2.45, 2.75) is 73.9 Å². The number of nitrogens with zero attached hydrogens (tertiary/aromatic N) is 4. The molecule has 0 aliphatic carbocycles. The molecule has 6 rings (SSSR count). The molecule has 8 bridgehead atoms. The molecule has 0 saturated heterocycles. The number of hydrogen-bond donors (Lipinski definition) is 6. The topological polar surface area (TPSA) is 380 Å². The van der Waals surface area contributed by atoms with Crippen molar-refractivity contribution in [3.8, 4) is 29.4 Å². The van der Waals surface area contributed by atoms with Crippen LogP contribution in [0.25, 0.3) is 0 Å². The molecule has 0 fully saturated rings. The van der Waals surface area contributed by atoms with Gasteiger partial charge in [0.25, 0.3) is 0 Å². The molecule has 0 atom stereocenters. The summed E-state index contributed by atoms with van der Waals surface area (Å²) in [6.07, 6.45) is 0. The SMILES string of the molecule is CC#N.CC#N.Cc1cc2c([O-])c(c1)CNCCN1CCNCc3cc(C)cc(c3[O-])CNCCN(CCNC2)CCNCc2cc(C)cc(c2[O-])CNCC1.[Ni+2].[Ni+3].[O-][Cl+3]([O-])([O-])[O-].[O-][Cl+3]([O-])([O-])[O-]. The van der Waals surface area contributed by atoms with Crippen molar-refractivity contribution in [1.82, 2.24) is 41.7 Å². The Hall–Kier alpha value is -3.03. The van der Waals surface area contributed by atoms with E-state index < -0.39 is 20.5 Å². The van der Waals surface area contributed by atoms with Gasteiger partial charge in [0.15, 0.2) is 0 Å². The van der Waals surface area contributed by atoms with Crippen LogP contribution in [-0.4, -0.2) is 88.3 Å². The second kappa shape index (κ2) is 36.8. The molecule has 0 aromatic heterocycles. The van der Waals surface area contributed by atoms with E-state index in [1.807, 2.05) is 36.4 Å². The maximum Gasteiger partial charge on any atom is 3.00 e. The Balaban J connectivity index is 0. The van der Waals surface area contributed by atoms with Gasteiger partial charge in [-0.3, -0.25) is 9.80 Å². The van der Waals surface area contributed by atoms with E-state index in [0.717, 1.165) is 129 Å². The average molecular weight is 1080 g/mol. The summed E-state index contributed by atoms with van der Waals surface area (Å²) in [6.45, 7) is 21.4. The molecule has 6 N–H and O–H groups in total. The van der Waals surface area contributed by atoms with Crippen LogP contribution in [0, 0.1) is 63.9 Å². The first-order valence-corrected chi connectivity index (χ1v) is 23.5. The van der Waals surface area contributed by atoms with E-state index in [2.05, 4.69) is 62.5 Å². The van der Waals surface area contributed by atoms with Crippen molar-refractivity contribution in [2.24, 2.45) is 0 Å². The minimum atomic E-state index is -4.94. The molecule has 3 aromatic rings. The molecule has 0 spiro atoms. The van der Waals surface area contributed by atoms with Crippen molar-refractivity contribution in [1.29, 1.82) is 10.5 Å². The van der Waals surface area contributed by atoms with E-state index in [1.165, 1.54) is 13.8 Å². The van der Waals surface area contributed by atoms with Crippen molar-refractivity contribution in [3.63, 3.8) is 0 Å². The number of halogens is 2. The smallest absolute Gasteiger partial charge is 0.872 e. The zero-order chi connectivity index (χ0) is 49.7. The fourth-order valence-electron chi connectivity index (χ4n) is 7.01. The predicted molar refractivity (Wildman–Crippen MR) is 218 cm³/mol. The van der Waals surface area contributed by atoms with E-state index in [4.69, 9.17) is 47.8 Å². The van der Waals surface area contributed by atoms with Gasteiger partial charge in [0.2, 0.25) is 0 Å². The van der Waals surface area contributed by atoms with Crippen LogP contribution in [0.1, 0.15) is 63.9 Å². The van der Waals surface area contributed by atoms with Crippen molar-refractivity contribution >= 4 is 0 Å². The number of hydrogen-bond acceptors (Lipinski definition) is 21. The Morgan fingerprint density at radius 1 is 0.412 bits per heavy atom. The summed E-state index contributed by atoms with van der Waals surface area (Å²) < 4.78 is 67.9. The van der Waals surface area contributed by atoms with E-state index in [0.29, 0.717) is 39.3 Å². The molecule has 3 heterocycles. The van der Waals surface area contributed by atoms with Gasteiger partial charge >= 0.3 is 33.0 Å². The van der Waals surface area contributed by atoms with Crippen molar-refractivity contribution in [3.05, 3.63) is 86.5 Å². The summed E-state index contributed by atoms with van der Waals surface area (Å²) in [4.78, 5) is 4.76. The van der Waals surface area contributed by atoms with Crippen LogP contribution < -0.4 is 84.5 Å². The summed E-state index contributed by atoms with van der Waals surface area (Å²) in [5.41, 5.74) is 8.11. The third kappa shape index (κ3) is 32.0. The number of nitrogens with one attached hydrogen (secondary N) is 6. The van der Waals surface area contributed by atoms with Crippen molar-refractivity contribution < 1.29 is 106 Å². The second-order valence-electron chi connectivity index (χ2n) is 15.2. The quantitative estimate of drug-likeness (QED) is 0.114. The van der Waals surface area contributed by atoms with Gasteiger partial charge in [-0.15, -0.1) is 20.5 Å². The van der Waals surface area contributed by atoms with Gasteiger partial charge in [0, 0.05) is 132 Å². The van der Waals surface area contributed by atoms with Gasteiger partial charge in [0.1, 0.15) is 0 Å². The molecule has 3 aromatic carbocycles. The van der Waals surface area contributed by atoms with Gasteiger partial charge in [-0.1, -0.05) is 70.3 Å². The van der Waals surface area contributed by atoms with E-state index >= 15 is 0 Å². The number of fused-ring (bicyclic) bond motifs is 18. The summed E-state index contributed by atoms with van der Waals surface area (Å²) in [5.74, 6) is 0.340. The minimum Gasteiger partial charge on any atom is -0.872 e. The Bertz CT molecular complexity index is 1640. The third-order valence-electron chi connectivity index (χ3n) is 9.68. The minimum absolute atomic E-state index is 0. The molecule has 68 heavy (non-hydrogen) atoms. The zero-order valence-corrected chi connectivity index (χ0v) is 42.3. The maximum absolute atomic E-state index is 13.4. The summed E-state index contributed by atoms with van der Waals surface area (Å²) in [7, 11) is -9.89. The van der Waals surface area contributed by atoms with Crippen LogP contribution in [0.15, 0.2) is 36.4 Å². The molecule has 385 valence electrons. The van der Waals surface area contributed by atoms with Gasteiger partial charge < -0.3 is 47.2 Å². The van der Waals surface area contributed by atoms with Gasteiger partial charge in [-0.05, 0) is 54.2 Å². The summed E-state index contributed by atoms with van der Waals surface area (Å²) in [5, 5.41) is 75.9. The monoisotopic (exact) mass is 1080 g/mol. The molecule has 21 nitrogen and oxygen atoms in total. The van der Waals surface area contributed by atoms with Crippen LogP contribution in [0.5, 0.6) is 17.2 Å². The number of nitriles is 2. The van der Waals surface area contributed by atoms with Gasteiger partial charge in [-0.25, -0.2) is 37.3 Å². The Morgan fingerprint density at radius 3 is 0.676 bits per heavy atom. The van der Waals surface area contributed by atoms with Gasteiger partial charge in [-0.2, -0.15) is 10.5 Å². The fraction of sp³-hybridized carbons (Fsp3) is 0.535. The number of benzene rings is 3. The Kier molecular flexibility index (Phi) is 36.3. The molecule has 0 saturated carbocycles. The molecule has 3 aliphatic rings. The van der Waals surface area contributed by atoms with E-state index in [1.54, 1.807) is 12.1 Å². The van der Waals surface area contributed by atoms with Crippen LogP contribution in [0.2, 0.25) is 0 Å². The first kappa shape index (κ1) is 67.0. The molecular formula is C43H63Cl2N10Ni2O11. The average Bonchev–Trinajstić information content (AvgIpc) is 3.20. The van der Waals surface area contributed by atoms with E-state index in [-0.39, 0.29) is 50.2 Å². The summed E-state index contributed by atoms with van der Waals surface area (Å²) >= 11 is 0. The molecule has 25 heteroatoms. The Labute approximate surface area is 424 Å². The van der Waals surface area contributed by atoms with Gasteiger partial charge in [0.05, 0.1) is 12.1 Å². The normalized spacial score (nSPS) is 17.8.